The Morgan fingerprint density at radius 2 is 1.92 bits per heavy atom. The summed E-state index contributed by atoms with van der Waals surface area (Å²) in [7, 11) is 0. The van der Waals surface area contributed by atoms with E-state index in [1.165, 1.54) is 24.6 Å². The van der Waals surface area contributed by atoms with Gasteiger partial charge in [-0.05, 0) is 37.0 Å². The van der Waals surface area contributed by atoms with E-state index in [2.05, 4.69) is 17.6 Å². The molecule has 1 saturated carbocycles. The maximum atomic E-state index is 12.0. The molecule has 1 fully saturated rings. The minimum absolute atomic E-state index is 0.127. The lowest BCUT2D eigenvalue weighted by Crippen LogP contribution is -2.43. The number of halogens is 2. The summed E-state index contributed by atoms with van der Waals surface area (Å²) in [5, 5.41) is 5.88. The van der Waals surface area contributed by atoms with Gasteiger partial charge in [0.25, 0.3) is 11.8 Å². The number of nitrogens with one attached hydrogen (secondary N) is 2. The molecule has 0 saturated heterocycles. The van der Waals surface area contributed by atoms with Crippen LogP contribution in [0.1, 0.15) is 43.0 Å². The monoisotopic (exact) mass is 400 g/mol. The van der Waals surface area contributed by atoms with Crippen molar-refractivity contribution in [2.24, 2.45) is 5.92 Å². The molecule has 1 aromatic rings. The second kappa shape index (κ2) is 9.78. The first-order chi connectivity index (χ1) is 12.4. The highest BCUT2D eigenvalue weighted by molar-refractivity contribution is 6.36. The lowest BCUT2D eigenvalue weighted by atomic mass is 9.86. The number of hydrogen-bond donors (Lipinski definition) is 2. The quantitative estimate of drug-likeness (QED) is 0.718. The summed E-state index contributed by atoms with van der Waals surface area (Å²) in [5.41, 5.74) is 0.202. The van der Waals surface area contributed by atoms with Crippen LogP contribution >= 0.6 is 23.2 Å². The van der Waals surface area contributed by atoms with Gasteiger partial charge in [0.1, 0.15) is 6.54 Å². The summed E-state index contributed by atoms with van der Waals surface area (Å²) in [6.45, 7) is 1.39. The molecule has 1 aliphatic rings. The maximum absolute atomic E-state index is 12.0. The van der Waals surface area contributed by atoms with Gasteiger partial charge in [0, 0.05) is 11.1 Å². The number of amides is 2. The van der Waals surface area contributed by atoms with E-state index in [1.807, 2.05) is 0 Å². The molecule has 1 aromatic carbocycles. The molecule has 2 atom stereocenters. The van der Waals surface area contributed by atoms with Gasteiger partial charge in [-0.3, -0.25) is 14.4 Å². The second-order valence-corrected chi connectivity index (χ2v) is 7.25. The van der Waals surface area contributed by atoms with Crippen molar-refractivity contribution in [1.29, 1.82) is 0 Å². The van der Waals surface area contributed by atoms with Crippen LogP contribution in [0.3, 0.4) is 0 Å². The Morgan fingerprint density at radius 1 is 1.19 bits per heavy atom. The number of carbonyl (C=O) groups excluding carboxylic acids is 3. The van der Waals surface area contributed by atoms with E-state index in [0.29, 0.717) is 10.9 Å². The fourth-order valence-electron chi connectivity index (χ4n) is 2.90. The average Bonchev–Trinajstić information content (AvgIpc) is 2.60. The van der Waals surface area contributed by atoms with Gasteiger partial charge in [0.15, 0.2) is 6.61 Å². The van der Waals surface area contributed by atoms with Crippen molar-refractivity contribution < 1.29 is 19.1 Å². The van der Waals surface area contributed by atoms with Gasteiger partial charge in [0.05, 0.1) is 10.6 Å². The molecule has 0 aromatic heterocycles. The van der Waals surface area contributed by atoms with Crippen LogP contribution in [0.5, 0.6) is 0 Å². The number of hydrogen-bond acceptors (Lipinski definition) is 4. The van der Waals surface area contributed by atoms with Crippen LogP contribution in [0.25, 0.3) is 0 Å². The normalized spacial score (nSPS) is 19.5. The third-order valence-electron chi connectivity index (χ3n) is 4.39. The van der Waals surface area contributed by atoms with Gasteiger partial charge in [-0.2, -0.15) is 0 Å². The number of esters is 1. The largest absolute Gasteiger partial charge is 0.454 e. The molecule has 0 radical (unpaired) electrons. The third-order valence-corrected chi connectivity index (χ3v) is 4.94. The van der Waals surface area contributed by atoms with Crippen LogP contribution in [-0.4, -0.2) is 37.0 Å². The molecule has 0 heterocycles. The molecule has 0 bridgehead atoms. The van der Waals surface area contributed by atoms with Gasteiger partial charge in [0.2, 0.25) is 0 Å². The van der Waals surface area contributed by atoms with Crippen LogP contribution in [0.2, 0.25) is 10.0 Å². The van der Waals surface area contributed by atoms with E-state index >= 15 is 0 Å². The van der Waals surface area contributed by atoms with E-state index in [4.69, 9.17) is 27.9 Å². The van der Waals surface area contributed by atoms with Crippen LogP contribution in [0.4, 0.5) is 0 Å². The van der Waals surface area contributed by atoms with Crippen molar-refractivity contribution in [3.63, 3.8) is 0 Å². The van der Waals surface area contributed by atoms with E-state index in [0.717, 1.165) is 19.3 Å². The topological polar surface area (TPSA) is 84.5 Å². The molecule has 0 aliphatic heterocycles. The summed E-state index contributed by atoms with van der Waals surface area (Å²) in [5.74, 6) is -1.13. The van der Waals surface area contributed by atoms with Gasteiger partial charge >= 0.3 is 5.97 Å². The standard InChI is InChI=1S/C18H22Cl2N2O4/c1-11-4-2-3-5-15(11)22-16(23)10-26-17(24)9-21-18(25)13-7-6-12(19)8-14(13)20/h6-8,11,15H,2-5,9-10H2,1H3,(H,21,25)(H,22,23)/t11-,15+/m0/s1. The molecule has 2 amide bonds. The molecule has 2 N–H and O–H groups in total. The first-order valence-electron chi connectivity index (χ1n) is 8.55. The molecule has 0 unspecified atom stereocenters. The third kappa shape index (κ3) is 6.18. The molecule has 142 valence electrons. The summed E-state index contributed by atoms with van der Waals surface area (Å²) < 4.78 is 4.90. The molecular weight excluding hydrogens is 379 g/mol. The maximum Gasteiger partial charge on any atom is 0.325 e. The number of benzene rings is 1. The minimum atomic E-state index is -0.699. The summed E-state index contributed by atoms with van der Waals surface area (Å²) in [6, 6.07) is 4.55. The average molecular weight is 401 g/mol. The van der Waals surface area contributed by atoms with Crippen LogP contribution in [0, 0.1) is 5.92 Å². The number of rotatable bonds is 6. The van der Waals surface area contributed by atoms with Gasteiger partial charge in [-0.1, -0.05) is 43.0 Å². The Balaban J connectivity index is 1.71. The molecule has 26 heavy (non-hydrogen) atoms. The van der Waals surface area contributed by atoms with Crippen LogP contribution in [-0.2, 0) is 14.3 Å². The lowest BCUT2D eigenvalue weighted by molar-refractivity contribution is -0.147. The summed E-state index contributed by atoms with van der Waals surface area (Å²) >= 11 is 11.7. The molecule has 6 nitrogen and oxygen atoms in total. The predicted molar refractivity (Wildman–Crippen MR) is 99.3 cm³/mol. The van der Waals surface area contributed by atoms with Crippen molar-refractivity contribution in [2.75, 3.05) is 13.2 Å². The number of ether oxygens (including phenoxy) is 1. The highest BCUT2D eigenvalue weighted by Gasteiger charge is 2.23. The highest BCUT2D eigenvalue weighted by Crippen LogP contribution is 2.23. The second-order valence-electron chi connectivity index (χ2n) is 6.40. The van der Waals surface area contributed by atoms with Gasteiger partial charge in [-0.25, -0.2) is 0 Å². The Labute approximate surface area is 162 Å². The predicted octanol–water partition coefficient (Wildman–Crippen LogP) is 2.96. The lowest BCUT2D eigenvalue weighted by Gasteiger charge is -2.29. The van der Waals surface area contributed by atoms with Crippen molar-refractivity contribution in [3.8, 4) is 0 Å². The zero-order valence-corrected chi connectivity index (χ0v) is 16.0. The van der Waals surface area contributed by atoms with Crippen molar-refractivity contribution in [1.82, 2.24) is 10.6 Å². The SMILES string of the molecule is C[C@H]1CCCC[C@H]1NC(=O)COC(=O)CNC(=O)c1ccc(Cl)cc1Cl. The van der Waals surface area contributed by atoms with E-state index < -0.39 is 11.9 Å². The van der Waals surface area contributed by atoms with Crippen LogP contribution in [0.15, 0.2) is 18.2 Å². The Morgan fingerprint density at radius 3 is 2.62 bits per heavy atom. The van der Waals surface area contributed by atoms with Gasteiger partial charge in [-0.15, -0.1) is 0 Å². The molecule has 2 rings (SSSR count). The minimum Gasteiger partial charge on any atom is -0.454 e. The molecule has 8 heteroatoms. The Bertz CT molecular complexity index is 681. The van der Waals surface area contributed by atoms with Gasteiger partial charge < -0.3 is 15.4 Å². The van der Waals surface area contributed by atoms with Crippen molar-refractivity contribution in [2.45, 2.75) is 38.6 Å². The highest BCUT2D eigenvalue weighted by atomic mass is 35.5. The first kappa shape index (κ1) is 20.5. The Kier molecular flexibility index (Phi) is 7.72. The zero-order chi connectivity index (χ0) is 19.1. The Hall–Kier alpha value is -1.79. The fourth-order valence-corrected chi connectivity index (χ4v) is 3.39. The molecule has 1 aliphatic carbocycles. The van der Waals surface area contributed by atoms with Crippen molar-refractivity contribution in [3.05, 3.63) is 33.8 Å². The molecule has 0 spiro atoms. The van der Waals surface area contributed by atoms with E-state index in [-0.39, 0.29) is 35.7 Å². The fraction of sp³-hybridized carbons (Fsp3) is 0.500. The zero-order valence-electron chi connectivity index (χ0n) is 14.5. The first-order valence-corrected chi connectivity index (χ1v) is 9.30. The molecular formula is C18H22Cl2N2O4. The van der Waals surface area contributed by atoms with Crippen LogP contribution < -0.4 is 10.6 Å². The van der Waals surface area contributed by atoms with E-state index in [9.17, 15) is 14.4 Å². The summed E-state index contributed by atoms with van der Waals surface area (Å²) in [6.07, 6.45) is 4.30. The van der Waals surface area contributed by atoms with Crippen molar-refractivity contribution >= 4 is 41.0 Å². The number of carbonyl (C=O) groups is 3. The van der Waals surface area contributed by atoms with E-state index in [1.54, 1.807) is 0 Å². The smallest absolute Gasteiger partial charge is 0.325 e. The summed E-state index contributed by atoms with van der Waals surface area (Å²) in [4.78, 5) is 35.6.